The molecule has 4 heteroatoms. The zero-order chi connectivity index (χ0) is 6.85. The van der Waals surface area contributed by atoms with E-state index in [9.17, 15) is 9.18 Å². The molecule has 0 aromatic rings. The van der Waals surface area contributed by atoms with Crippen LogP contribution in [-0.4, -0.2) is 18.3 Å². The molecule has 1 amide bonds. The lowest BCUT2D eigenvalue weighted by Crippen LogP contribution is -2.13. The second-order valence-corrected chi connectivity index (χ2v) is 1.99. The minimum atomic E-state index is -1.65. The van der Waals surface area contributed by atoms with Gasteiger partial charge in [0.15, 0.2) is 0 Å². The van der Waals surface area contributed by atoms with Crippen LogP contribution in [-0.2, 0) is 4.79 Å². The lowest BCUT2D eigenvalue weighted by molar-refractivity contribution is -0.121. The van der Waals surface area contributed by atoms with Crippen molar-refractivity contribution in [1.82, 2.24) is 0 Å². The van der Waals surface area contributed by atoms with E-state index in [-0.39, 0.29) is 5.03 Å². The number of amides is 1. The quantitative estimate of drug-likeness (QED) is 0.504. The monoisotopic (exact) mass is 147 g/mol. The van der Waals surface area contributed by atoms with Crippen LogP contribution in [0.15, 0.2) is 16.1 Å². The average Bonchev–Trinajstić information content (AvgIpc) is 1.80. The summed E-state index contributed by atoms with van der Waals surface area (Å²) in [6, 6.07) is 0. The smallest absolute Gasteiger partial charge is 0.269 e. The van der Waals surface area contributed by atoms with Crippen LogP contribution >= 0.6 is 11.6 Å². The maximum atomic E-state index is 12.2. The van der Waals surface area contributed by atoms with Crippen molar-refractivity contribution in [2.45, 2.75) is 6.17 Å². The van der Waals surface area contributed by atoms with Crippen LogP contribution in [0.5, 0.6) is 0 Å². The van der Waals surface area contributed by atoms with Gasteiger partial charge in [0.05, 0.1) is 5.03 Å². The molecular formula is C5H3ClFNO. The number of alkyl halides is 1. The molecule has 9 heavy (non-hydrogen) atoms. The molecule has 0 N–H and O–H groups in total. The number of carbonyl (C=O) groups excluding carboxylic acids is 1. The Hall–Kier alpha value is -0.700. The minimum absolute atomic E-state index is 0.169. The Balaban J connectivity index is 2.82. The van der Waals surface area contributed by atoms with Gasteiger partial charge in [-0.25, -0.2) is 9.38 Å². The van der Waals surface area contributed by atoms with Crippen molar-refractivity contribution in [2.24, 2.45) is 4.99 Å². The molecule has 48 valence electrons. The minimum Gasteiger partial charge on any atom is -0.269 e. The summed E-state index contributed by atoms with van der Waals surface area (Å²) in [6.07, 6.45) is 0.485. The van der Waals surface area contributed by atoms with Crippen LogP contribution < -0.4 is 0 Å². The Morgan fingerprint density at radius 3 is 2.89 bits per heavy atom. The van der Waals surface area contributed by atoms with Gasteiger partial charge in [0.1, 0.15) is 0 Å². The van der Waals surface area contributed by atoms with Gasteiger partial charge in [-0.2, -0.15) is 0 Å². The van der Waals surface area contributed by atoms with Crippen LogP contribution in [0.1, 0.15) is 0 Å². The number of halogens is 2. The Morgan fingerprint density at radius 1 is 1.78 bits per heavy atom. The van der Waals surface area contributed by atoms with Gasteiger partial charge < -0.3 is 0 Å². The molecule has 0 saturated carbocycles. The fraction of sp³-hybridized carbons (Fsp3) is 0.200. The fourth-order valence-electron chi connectivity index (χ4n) is 0.451. The zero-order valence-electron chi connectivity index (χ0n) is 4.34. The summed E-state index contributed by atoms with van der Waals surface area (Å²) in [5.41, 5.74) is 0. The molecule has 1 aliphatic rings. The normalized spacial score (nSPS) is 26.2. The van der Waals surface area contributed by atoms with Gasteiger partial charge in [-0.3, -0.25) is 4.79 Å². The van der Waals surface area contributed by atoms with Crippen LogP contribution in [0.4, 0.5) is 4.39 Å². The zero-order valence-corrected chi connectivity index (χ0v) is 5.10. The number of dihydropyridines is 1. The third-order valence-electron chi connectivity index (χ3n) is 0.857. The van der Waals surface area contributed by atoms with Gasteiger partial charge in [-0.05, 0) is 6.08 Å². The van der Waals surface area contributed by atoms with Gasteiger partial charge >= 0.3 is 0 Å². The largest absolute Gasteiger partial charge is 0.284 e. The lowest BCUT2D eigenvalue weighted by atomic mass is 10.3. The van der Waals surface area contributed by atoms with Crippen LogP contribution in [0.25, 0.3) is 0 Å². The first-order valence-corrected chi connectivity index (χ1v) is 2.67. The first kappa shape index (κ1) is 6.42. The SMILES string of the molecule is O=C1N=CC(Cl)=CC1F. The van der Waals surface area contributed by atoms with Crippen LogP contribution in [0.3, 0.4) is 0 Å². The van der Waals surface area contributed by atoms with E-state index in [4.69, 9.17) is 11.6 Å². The standard InChI is InChI=1S/C5H3ClFNO/c6-3-1-4(7)5(9)8-2-3/h1-2,4H. The maximum absolute atomic E-state index is 12.2. The fourth-order valence-corrected chi connectivity index (χ4v) is 0.610. The third-order valence-corrected chi connectivity index (χ3v) is 1.08. The van der Waals surface area contributed by atoms with Crippen molar-refractivity contribution >= 4 is 23.7 Å². The summed E-state index contributed by atoms with van der Waals surface area (Å²) in [7, 11) is 0. The molecule has 0 bridgehead atoms. The highest BCUT2D eigenvalue weighted by molar-refractivity contribution is 6.40. The summed E-state index contributed by atoms with van der Waals surface area (Å²) in [5, 5.41) is 0.169. The molecule has 1 heterocycles. The number of allylic oxidation sites excluding steroid dienone is 1. The number of nitrogens with zero attached hydrogens (tertiary/aromatic N) is 1. The van der Waals surface area contributed by atoms with E-state index in [1.165, 1.54) is 0 Å². The Bertz CT molecular complexity index is 199. The topological polar surface area (TPSA) is 29.4 Å². The summed E-state index contributed by atoms with van der Waals surface area (Å²) < 4.78 is 12.2. The van der Waals surface area contributed by atoms with E-state index in [0.717, 1.165) is 12.3 Å². The Morgan fingerprint density at radius 2 is 2.44 bits per heavy atom. The highest BCUT2D eigenvalue weighted by Crippen LogP contribution is 2.09. The summed E-state index contributed by atoms with van der Waals surface area (Å²) >= 11 is 5.30. The van der Waals surface area contributed by atoms with Crippen molar-refractivity contribution in [1.29, 1.82) is 0 Å². The van der Waals surface area contributed by atoms with Crippen molar-refractivity contribution in [3.05, 3.63) is 11.1 Å². The first-order valence-electron chi connectivity index (χ1n) is 2.29. The van der Waals surface area contributed by atoms with E-state index >= 15 is 0 Å². The second-order valence-electron chi connectivity index (χ2n) is 1.55. The van der Waals surface area contributed by atoms with Crippen molar-refractivity contribution in [3.63, 3.8) is 0 Å². The molecule has 1 unspecified atom stereocenters. The molecule has 0 aromatic carbocycles. The summed E-state index contributed by atoms with van der Waals surface area (Å²) in [6.45, 7) is 0. The molecule has 0 radical (unpaired) electrons. The second kappa shape index (κ2) is 2.27. The van der Waals surface area contributed by atoms with E-state index < -0.39 is 12.1 Å². The third kappa shape index (κ3) is 1.36. The molecule has 0 spiro atoms. The highest BCUT2D eigenvalue weighted by atomic mass is 35.5. The molecule has 1 rings (SSSR count). The van der Waals surface area contributed by atoms with E-state index in [1.54, 1.807) is 0 Å². The van der Waals surface area contributed by atoms with E-state index in [0.29, 0.717) is 0 Å². The number of hydrogen-bond acceptors (Lipinski definition) is 1. The van der Waals surface area contributed by atoms with Crippen molar-refractivity contribution in [3.8, 4) is 0 Å². The van der Waals surface area contributed by atoms with E-state index in [1.807, 2.05) is 0 Å². The summed E-state index contributed by atoms with van der Waals surface area (Å²) in [4.78, 5) is 13.4. The maximum Gasteiger partial charge on any atom is 0.284 e. The molecule has 0 aliphatic carbocycles. The number of hydrogen-bond donors (Lipinski definition) is 0. The van der Waals surface area contributed by atoms with Crippen molar-refractivity contribution in [2.75, 3.05) is 0 Å². The lowest BCUT2D eigenvalue weighted by Gasteiger charge is -2.00. The van der Waals surface area contributed by atoms with Crippen LogP contribution in [0.2, 0.25) is 0 Å². The first-order chi connectivity index (χ1) is 4.20. The van der Waals surface area contributed by atoms with Crippen LogP contribution in [0, 0.1) is 0 Å². The molecular weight excluding hydrogens is 145 g/mol. The predicted octanol–water partition coefficient (Wildman–Crippen LogP) is 1.06. The molecule has 1 aliphatic heterocycles. The number of carbonyl (C=O) groups is 1. The van der Waals surface area contributed by atoms with Gasteiger partial charge in [-0.15, -0.1) is 0 Å². The molecule has 0 aromatic heterocycles. The molecule has 0 saturated heterocycles. The molecule has 1 atom stereocenters. The highest BCUT2D eigenvalue weighted by Gasteiger charge is 2.16. The van der Waals surface area contributed by atoms with Gasteiger partial charge in [0.2, 0.25) is 6.17 Å². The average molecular weight is 148 g/mol. The molecule has 2 nitrogen and oxygen atoms in total. The number of rotatable bonds is 0. The Kier molecular flexibility index (Phi) is 1.62. The Labute approximate surface area is 56.0 Å². The van der Waals surface area contributed by atoms with E-state index in [2.05, 4.69) is 4.99 Å². The van der Waals surface area contributed by atoms with Gasteiger partial charge in [0, 0.05) is 6.21 Å². The predicted molar refractivity (Wildman–Crippen MR) is 32.3 cm³/mol. The number of aliphatic imine (C=N–C) groups is 1. The van der Waals surface area contributed by atoms with Gasteiger partial charge in [0.25, 0.3) is 5.91 Å². The van der Waals surface area contributed by atoms with Gasteiger partial charge in [-0.1, -0.05) is 11.6 Å². The molecule has 0 fully saturated rings. The van der Waals surface area contributed by atoms with Crippen molar-refractivity contribution < 1.29 is 9.18 Å². The summed E-state index contributed by atoms with van der Waals surface area (Å²) in [5.74, 6) is -0.792.